The van der Waals surface area contributed by atoms with Crippen LogP contribution in [0.5, 0.6) is 11.5 Å². The fourth-order valence-electron chi connectivity index (χ4n) is 3.70. The van der Waals surface area contributed by atoms with E-state index in [2.05, 4.69) is 41.5 Å². The number of aromatic hydroxyl groups is 1. The number of carbonyl (C=O) groups excluding carboxylic acids is 1. The van der Waals surface area contributed by atoms with Crippen LogP contribution in [0.25, 0.3) is 21.5 Å². The van der Waals surface area contributed by atoms with Gasteiger partial charge < -0.3 is 9.84 Å². The van der Waals surface area contributed by atoms with Crippen LogP contribution in [0.15, 0.2) is 48.5 Å². The molecular formula is C25H30O3. The number of esters is 1. The molecule has 3 nitrogen and oxygen atoms in total. The first-order chi connectivity index (χ1) is 13.0. The van der Waals surface area contributed by atoms with Crippen LogP contribution in [0.4, 0.5) is 0 Å². The van der Waals surface area contributed by atoms with Gasteiger partial charge in [-0.15, -0.1) is 0 Å². The highest BCUT2D eigenvalue weighted by Crippen LogP contribution is 2.43. The maximum Gasteiger partial charge on any atom is 0.314 e. The minimum atomic E-state index is -0.237. The molecule has 0 heterocycles. The molecule has 3 aromatic rings. The van der Waals surface area contributed by atoms with Crippen molar-refractivity contribution in [3.8, 4) is 11.5 Å². The van der Waals surface area contributed by atoms with Gasteiger partial charge in [-0.1, -0.05) is 90.1 Å². The van der Waals surface area contributed by atoms with Gasteiger partial charge in [0.1, 0.15) is 11.5 Å². The van der Waals surface area contributed by atoms with E-state index in [1.807, 2.05) is 48.5 Å². The van der Waals surface area contributed by atoms with Gasteiger partial charge in [0.15, 0.2) is 0 Å². The number of hydrogen-bond acceptors (Lipinski definition) is 3. The summed E-state index contributed by atoms with van der Waals surface area (Å²) in [7, 11) is 0. The van der Waals surface area contributed by atoms with Crippen LogP contribution < -0.4 is 4.74 Å². The van der Waals surface area contributed by atoms with E-state index in [0.717, 1.165) is 17.2 Å². The van der Waals surface area contributed by atoms with Crippen LogP contribution in [0.1, 0.15) is 48.0 Å². The molecule has 1 unspecified atom stereocenters. The Hall–Kier alpha value is -2.55. The Bertz CT molecular complexity index is 963. The van der Waals surface area contributed by atoms with Crippen molar-refractivity contribution in [1.29, 1.82) is 0 Å². The molecule has 0 spiro atoms. The van der Waals surface area contributed by atoms with E-state index in [1.165, 1.54) is 0 Å². The second kappa shape index (κ2) is 7.12. The SMILES string of the molecule is CC(C)(C)CC(C(=O)Oc1c2ccccc2c(O)c2ccccc12)C(C)(C)C. The van der Waals surface area contributed by atoms with Crippen molar-refractivity contribution in [2.24, 2.45) is 16.7 Å². The predicted octanol–water partition coefficient (Wildman–Crippen LogP) is 6.70. The number of phenolic OH excluding ortho intramolecular Hbond substituents is 1. The molecule has 28 heavy (non-hydrogen) atoms. The Labute approximate surface area is 167 Å². The number of phenols is 1. The molecule has 3 rings (SSSR count). The zero-order valence-electron chi connectivity index (χ0n) is 17.7. The quantitative estimate of drug-likeness (QED) is 0.313. The molecule has 3 heteroatoms. The zero-order chi connectivity index (χ0) is 20.7. The summed E-state index contributed by atoms with van der Waals surface area (Å²) in [6, 6.07) is 15.0. The maximum atomic E-state index is 13.3. The number of rotatable bonds is 3. The number of benzene rings is 3. The van der Waals surface area contributed by atoms with Gasteiger partial charge in [-0.2, -0.15) is 0 Å². The molecule has 1 atom stereocenters. The summed E-state index contributed by atoms with van der Waals surface area (Å²) in [5.41, 5.74) is -0.205. The molecule has 0 aromatic heterocycles. The van der Waals surface area contributed by atoms with Crippen molar-refractivity contribution in [3.05, 3.63) is 48.5 Å². The average Bonchev–Trinajstić information content (AvgIpc) is 2.61. The summed E-state index contributed by atoms with van der Waals surface area (Å²) < 4.78 is 6.08. The molecule has 0 bridgehead atoms. The van der Waals surface area contributed by atoms with Crippen LogP contribution in [0, 0.1) is 16.7 Å². The lowest BCUT2D eigenvalue weighted by Gasteiger charge is -2.33. The molecule has 3 aromatic carbocycles. The van der Waals surface area contributed by atoms with Crippen LogP contribution in [0.2, 0.25) is 0 Å². The molecule has 1 N–H and O–H groups in total. The van der Waals surface area contributed by atoms with Gasteiger partial charge in [0.05, 0.1) is 5.92 Å². The molecular weight excluding hydrogens is 348 g/mol. The maximum absolute atomic E-state index is 13.3. The van der Waals surface area contributed by atoms with Crippen molar-refractivity contribution in [2.75, 3.05) is 0 Å². The minimum absolute atomic E-state index is 0.00998. The third kappa shape index (κ3) is 3.99. The number of carbonyl (C=O) groups is 1. The molecule has 0 saturated carbocycles. The highest BCUT2D eigenvalue weighted by Gasteiger charge is 2.36. The van der Waals surface area contributed by atoms with Crippen molar-refractivity contribution >= 4 is 27.5 Å². The molecule has 0 aliphatic heterocycles. The summed E-state index contributed by atoms with van der Waals surface area (Å²) in [4.78, 5) is 13.3. The van der Waals surface area contributed by atoms with Gasteiger partial charge in [-0.05, 0) is 17.3 Å². The summed E-state index contributed by atoms with van der Waals surface area (Å²) >= 11 is 0. The third-order valence-corrected chi connectivity index (χ3v) is 5.20. The molecule has 0 aliphatic rings. The molecule has 148 valence electrons. The third-order valence-electron chi connectivity index (χ3n) is 5.20. The number of fused-ring (bicyclic) bond motifs is 2. The van der Waals surface area contributed by atoms with Gasteiger partial charge in [0, 0.05) is 21.5 Å². The predicted molar refractivity (Wildman–Crippen MR) is 116 cm³/mol. The van der Waals surface area contributed by atoms with Gasteiger partial charge in [0.2, 0.25) is 0 Å². The Balaban J connectivity index is 2.15. The zero-order valence-corrected chi connectivity index (χ0v) is 17.7. The highest BCUT2D eigenvalue weighted by molar-refractivity contribution is 6.11. The first-order valence-electron chi connectivity index (χ1n) is 9.83. The van der Waals surface area contributed by atoms with Crippen LogP contribution in [-0.4, -0.2) is 11.1 Å². The molecule has 0 fully saturated rings. The van der Waals surface area contributed by atoms with Gasteiger partial charge in [-0.25, -0.2) is 0 Å². The van der Waals surface area contributed by atoms with E-state index < -0.39 is 0 Å². The summed E-state index contributed by atoms with van der Waals surface area (Å²) in [6.45, 7) is 12.7. The second-order valence-corrected chi connectivity index (χ2v) is 9.87. The van der Waals surface area contributed by atoms with Crippen LogP contribution >= 0.6 is 0 Å². The van der Waals surface area contributed by atoms with E-state index in [1.54, 1.807) is 0 Å². The Morgan fingerprint density at radius 3 is 1.68 bits per heavy atom. The minimum Gasteiger partial charge on any atom is -0.507 e. The first kappa shape index (κ1) is 20.2. The lowest BCUT2D eigenvalue weighted by atomic mass is 9.72. The molecule has 0 saturated heterocycles. The largest absolute Gasteiger partial charge is 0.507 e. The van der Waals surface area contributed by atoms with Crippen molar-refractivity contribution in [2.45, 2.75) is 48.0 Å². The summed E-state index contributed by atoms with van der Waals surface area (Å²) in [5.74, 6) is 0.285. The Morgan fingerprint density at radius 2 is 1.29 bits per heavy atom. The van der Waals surface area contributed by atoms with E-state index >= 15 is 0 Å². The number of ether oxygens (including phenoxy) is 1. The Morgan fingerprint density at radius 1 is 0.857 bits per heavy atom. The standard InChI is InChI=1S/C25H30O3/c1-24(2,3)15-20(25(4,5)6)23(27)28-22-18-13-9-7-11-16(18)21(26)17-12-8-10-14-19(17)22/h7-14,20,26H,15H2,1-6H3. The number of hydrogen-bond donors (Lipinski definition) is 1. The van der Waals surface area contributed by atoms with Crippen molar-refractivity contribution in [1.82, 2.24) is 0 Å². The van der Waals surface area contributed by atoms with Gasteiger partial charge in [0.25, 0.3) is 0 Å². The molecule has 0 radical (unpaired) electrons. The van der Waals surface area contributed by atoms with Gasteiger partial charge in [-0.3, -0.25) is 4.79 Å². The Kier molecular flexibility index (Phi) is 5.14. The second-order valence-electron chi connectivity index (χ2n) is 9.87. The lowest BCUT2D eigenvalue weighted by Crippen LogP contribution is -2.35. The summed E-state index contributed by atoms with van der Waals surface area (Å²) in [5, 5.41) is 13.6. The van der Waals surface area contributed by atoms with Gasteiger partial charge >= 0.3 is 5.97 Å². The fourth-order valence-corrected chi connectivity index (χ4v) is 3.70. The normalized spacial score (nSPS) is 13.6. The lowest BCUT2D eigenvalue weighted by molar-refractivity contribution is -0.143. The smallest absolute Gasteiger partial charge is 0.314 e. The van der Waals surface area contributed by atoms with E-state index in [9.17, 15) is 9.90 Å². The first-order valence-corrected chi connectivity index (χ1v) is 9.83. The monoisotopic (exact) mass is 378 g/mol. The van der Waals surface area contributed by atoms with Crippen molar-refractivity contribution in [3.63, 3.8) is 0 Å². The highest BCUT2D eigenvalue weighted by atomic mass is 16.5. The van der Waals surface area contributed by atoms with Crippen LogP contribution in [0.3, 0.4) is 0 Å². The van der Waals surface area contributed by atoms with Crippen LogP contribution in [-0.2, 0) is 4.79 Å². The van der Waals surface area contributed by atoms with E-state index in [-0.39, 0.29) is 28.5 Å². The summed E-state index contributed by atoms with van der Waals surface area (Å²) in [6.07, 6.45) is 0.739. The fraction of sp³-hybridized carbons (Fsp3) is 0.400. The van der Waals surface area contributed by atoms with E-state index in [0.29, 0.717) is 16.5 Å². The molecule has 0 amide bonds. The topological polar surface area (TPSA) is 46.5 Å². The average molecular weight is 379 g/mol. The molecule has 0 aliphatic carbocycles. The van der Waals surface area contributed by atoms with E-state index in [4.69, 9.17) is 4.74 Å². The van der Waals surface area contributed by atoms with Crippen molar-refractivity contribution < 1.29 is 14.6 Å².